The second kappa shape index (κ2) is 2.14. The molecule has 0 N–H and O–H groups in total. The highest BCUT2D eigenvalue weighted by atomic mass is 16.5. The standard InChI is InChI=1S/C9H5NO/c1-2-7-3-4-9-8(5-7)6-10-11-9/h1,3-6H. The van der Waals surface area contributed by atoms with Crippen LogP contribution in [0.4, 0.5) is 0 Å². The van der Waals surface area contributed by atoms with E-state index in [2.05, 4.69) is 11.1 Å². The van der Waals surface area contributed by atoms with Gasteiger partial charge in [-0.3, -0.25) is 0 Å². The smallest absolute Gasteiger partial charge is 0.166 e. The molecule has 0 saturated carbocycles. The van der Waals surface area contributed by atoms with Crippen molar-refractivity contribution in [2.45, 2.75) is 0 Å². The van der Waals surface area contributed by atoms with Crippen molar-refractivity contribution >= 4 is 11.0 Å². The van der Waals surface area contributed by atoms with Crippen molar-refractivity contribution in [3.05, 3.63) is 30.0 Å². The fourth-order valence-corrected chi connectivity index (χ4v) is 0.962. The van der Waals surface area contributed by atoms with E-state index in [9.17, 15) is 0 Å². The molecule has 0 aliphatic carbocycles. The van der Waals surface area contributed by atoms with E-state index >= 15 is 0 Å². The maximum Gasteiger partial charge on any atom is 0.166 e. The molecular formula is C9H5NO. The summed E-state index contributed by atoms with van der Waals surface area (Å²) >= 11 is 0. The summed E-state index contributed by atoms with van der Waals surface area (Å²) in [7, 11) is 0. The first kappa shape index (κ1) is 5.99. The summed E-state index contributed by atoms with van der Waals surface area (Å²) in [4.78, 5) is 0. The van der Waals surface area contributed by atoms with Crippen LogP contribution in [0.25, 0.3) is 11.0 Å². The maximum atomic E-state index is 5.21. The fourth-order valence-electron chi connectivity index (χ4n) is 0.962. The van der Waals surface area contributed by atoms with E-state index in [-0.39, 0.29) is 0 Å². The molecule has 1 heterocycles. The number of terminal acetylenes is 1. The lowest BCUT2D eigenvalue weighted by atomic mass is 10.2. The van der Waals surface area contributed by atoms with Crippen LogP contribution in [0.3, 0.4) is 0 Å². The maximum absolute atomic E-state index is 5.21. The van der Waals surface area contributed by atoms with Gasteiger partial charge in [0.05, 0.1) is 6.20 Å². The first-order valence-electron chi connectivity index (χ1n) is 3.21. The van der Waals surface area contributed by atoms with Crippen LogP contribution in [0.1, 0.15) is 5.56 Å². The molecule has 0 saturated heterocycles. The Bertz CT molecular complexity index is 422. The first-order chi connectivity index (χ1) is 5.40. The minimum atomic E-state index is 0.768. The minimum Gasteiger partial charge on any atom is -0.356 e. The second-order valence-corrected chi connectivity index (χ2v) is 2.22. The molecule has 0 radical (unpaired) electrons. The van der Waals surface area contributed by atoms with Crippen LogP contribution >= 0.6 is 0 Å². The number of fused-ring (bicyclic) bond motifs is 1. The van der Waals surface area contributed by atoms with Crippen LogP contribution in [-0.2, 0) is 0 Å². The summed E-state index contributed by atoms with van der Waals surface area (Å²) in [5.41, 5.74) is 1.62. The Labute approximate surface area is 63.8 Å². The average Bonchev–Trinajstić information content (AvgIpc) is 2.50. The summed E-state index contributed by atoms with van der Waals surface area (Å²) in [6, 6.07) is 5.51. The molecule has 11 heavy (non-hydrogen) atoms. The third-order valence-electron chi connectivity index (χ3n) is 1.52. The molecule has 0 amide bonds. The molecule has 0 aliphatic rings. The van der Waals surface area contributed by atoms with Gasteiger partial charge in [0.25, 0.3) is 0 Å². The van der Waals surface area contributed by atoms with E-state index in [1.165, 1.54) is 0 Å². The zero-order chi connectivity index (χ0) is 7.68. The molecule has 2 aromatic rings. The molecule has 2 rings (SSSR count). The number of rotatable bonds is 0. The SMILES string of the molecule is C#Cc1ccc2oncc2c1. The number of hydrogen-bond donors (Lipinski definition) is 0. The molecule has 0 aliphatic heterocycles. The molecule has 1 aromatic heterocycles. The normalized spacial score (nSPS) is 9.73. The van der Waals surface area contributed by atoms with Crippen LogP contribution in [-0.4, -0.2) is 5.16 Å². The van der Waals surface area contributed by atoms with E-state index < -0.39 is 0 Å². The van der Waals surface area contributed by atoms with Gasteiger partial charge in [-0.25, -0.2) is 0 Å². The van der Waals surface area contributed by atoms with Gasteiger partial charge < -0.3 is 4.52 Å². The van der Waals surface area contributed by atoms with E-state index in [0.29, 0.717) is 0 Å². The van der Waals surface area contributed by atoms with E-state index in [0.717, 1.165) is 16.5 Å². The molecule has 1 aromatic carbocycles. The lowest BCUT2D eigenvalue weighted by Gasteiger charge is -1.87. The van der Waals surface area contributed by atoms with Gasteiger partial charge in [0.1, 0.15) is 0 Å². The van der Waals surface area contributed by atoms with Crippen molar-refractivity contribution in [1.29, 1.82) is 0 Å². The largest absolute Gasteiger partial charge is 0.356 e. The molecule has 0 unspecified atom stereocenters. The molecule has 0 bridgehead atoms. The quantitative estimate of drug-likeness (QED) is 0.525. The molecule has 2 nitrogen and oxygen atoms in total. The van der Waals surface area contributed by atoms with Gasteiger partial charge in [-0.2, -0.15) is 0 Å². The van der Waals surface area contributed by atoms with Crippen LogP contribution in [0.15, 0.2) is 28.9 Å². The lowest BCUT2D eigenvalue weighted by molar-refractivity contribution is 0.456. The zero-order valence-electron chi connectivity index (χ0n) is 5.74. The molecule has 52 valence electrons. The van der Waals surface area contributed by atoms with Gasteiger partial charge in [0, 0.05) is 10.9 Å². The summed E-state index contributed by atoms with van der Waals surface area (Å²) in [6.45, 7) is 0. The van der Waals surface area contributed by atoms with Crippen LogP contribution in [0, 0.1) is 12.3 Å². The first-order valence-corrected chi connectivity index (χ1v) is 3.21. The van der Waals surface area contributed by atoms with Crippen LogP contribution in [0.5, 0.6) is 0 Å². The predicted octanol–water partition coefficient (Wildman–Crippen LogP) is 1.81. The van der Waals surface area contributed by atoms with Crippen LogP contribution < -0.4 is 0 Å². The van der Waals surface area contributed by atoms with Gasteiger partial charge in [0.15, 0.2) is 5.58 Å². The minimum absolute atomic E-state index is 0.768. The summed E-state index contributed by atoms with van der Waals surface area (Å²) in [5.74, 6) is 2.54. The number of benzene rings is 1. The van der Waals surface area contributed by atoms with Crippen molar-refractivity contribution in [3.63, 3.8) is 0 Å². The number of hydrogen-bond acceptors (Lipinski definition) is 2. The summed E-state index contributed by atoms with van der Waals surface area (Å²) in [6.07, 6.45) is 6.86. The Kier molecular flexibility index (Phi) is 1.16. The Morgan fingerprint density at radius 1 is 1.45 bits per heavy atom. The summed E-state index contributed by atoms with van der Waals surface area (Å²) < 4.78 is 4.90. The molecule has 0 atom stereocenters. The van der Waals surface area contributed by atoms with Crippen molar-refractivity contribution in [1.82, 2.24) is 5.16 Å². The highest BCUT2D eigenvalue weighted by molar-refractivity contribution is 5.77. The Hall–Kier alpha value is -1.75. The van der Waals surface area contributed by atoms with Gasteiger partial charge in [-0.15, -0.1) is 6.42 Å². The third kappa shape index (κ3) is 0.870. The zero-order valence-corrected chi connectivity index (χ0v) is 5.74. The van der Waals surface area contributed by atoms with E-state index in [1.807, 2.05) is 18.2 Å². The number of aromatic nitrogens is 1. The van der Waals surface area contributed by atoms with Crippen LogP contribution in [0.2, 0.25) is 0 Å². The van der Waals surface area contributed by atoms with E-state index in [4.69, 9.17) is 10.9 Å². The van der Waals surface area contributed by atoms with Crippen molar-refractivity contribution in [2.75, 3.05) is 0 Å². The van der Waals surface area contributed by atoms with Gasteiger partial charge in [0.2, 0.25) is 0 Å². The molecule has 0 spiro atoms. The molecule has 2 heteroatoms. The van der Waals surface area contributed by atoms with Gasteiger partial charge in [-0.05, 0) is 18.2 Å². The second-order valence-electron chi connectivity index (χ2n) is 2.22. The van der Waals surface area contributed by atoms with Crippen molar-refractivity contribution in [3.8, 4) is 12.3 Å². The number of nitrogens with zero attached hydrogens (tertiary/aromatic N) is 1. The van der Waals surface area contributed by atoms with Crippen molar-refractivity contribution in [2.24, 2.45) is 0 Å². The predicted molar refractivity (Wildman–Crippen MR) is 41.9 cm³/mol. The lowest BCUT2D eigenvalue weighted by Crippen LogP contribution is -1.70. The third-order valence-corrected chi connectivity index (χ3v) is 1.52. The van der Waals surface area contributed by atoms with Gasteiger partial charge >= 0.3 is 0 Å². The Balaban J connectivity index is 2.79. The topological polar surface area (TPSA) is 26.0 Å². The Morgan fingerprint density at radius 3 is 3.18 bits per heavy atom. The highest BCUT2D eigenvalue weighted by Crippen LogP contribution is 2.13. The summed E-state index contributed by atoms with van der Waals surface area (Å²) in [5, 5.41) is 4.58. The molecule has 0 fully saturated rings. The monoisotopic (exact) mass is 143 g/mol. The average molecular weight is 143 g/mol. The van der Waals surface area contributed by atoms with Crippen molar-refractivity contribution < 1.29 is 4.52 Å². The highest BCUT2D eigenvalue weighted by Gasteiger charge is 1.96. The van der Waals surface area contributed by atoms with E-state index in [1.54, 1.807) is 6.20 Å². The fraction of sp³-hybridized carbons (Fsp3) is 0. The van der Waals surface area contributed by atoms with Gasteiger partial charge in [-0.1, -0.05) is 11.1 Å². The Morgan fingerprint density at radius 2 is 2.36 bits per heavy atom. The molecular weight excluding hydrogens is 138 g/mol.